The number of alkyl carbamates (subject to hydrolysis) is 1. The molecule has 0 bridgehead atoms. The summed E-state index contributed by atoms with van der Waals surface area (Å²) >= 11 is 0. The molecule has 4 N–H and O–H groups in total. The van der Waals surface area contributed by atoms with Crippen molar-refractivity contribution in [2.24, 2.45) is 5.73 Å². The largest absolute Gasteiger partial charge is 0.484 e. The summed E-state index contributed by atoms with van der Waals surface area (Å²) in [6.07, 6.45) is 2.14. The number of piperazine rings is 1. The van der Waals surface area contributed by atoms with E-state index in [4.69, 9.17) is 15.2 Å². The van der Waals surface area contributed by atoms with E-state index in [2.05, 4.69) is 21.3 Å². The van der Waals surface area contributed by atoms with E-state index in [1.54, 1.807) is 0 Å². The van der Waals surface area contributed by atoms with Crippen molar-refractivity contribution in [1.29, 1.82) is 0 Å². The fourth-order valence-corrected chi connectivity index (χ4v) is 4.49. The number of aromatic amines is 1. The molecule has 2 aromatic carbocycles. The molecule has 37 heavy (non-hydrogen) atoms. The number of rotatable bonds is 8. The molecule has 0 aliphatic carbocycles. The Morgan fingerprint density at radius 1 is 1.05 bits per heavy atom. The highest BCUT2D eigenvalue weighted by atomic mass is 16.6. The summed E-state index contributed by atoms with van der Waals surface area (Å²) < 4.78 is 11.2. The van der Waals surface area contributed by atoms with E-state index in [0.29, 0.717) is 38.3 Å². The average molecular weight is 508 g/mol. The van der Waals surface area contributed by atoms with Crippen molar-refractivity contribution in [2.45, 2.75) is 39.3 Å². The van der Waals surface area contributed by atoms with E-state index in [1.165, 1.54) is 0 Å². The number of nitrogens with two attached hydrogens (primary N) is 1. The van der Waals surface area contributed by atoms with Crippen LogP contribution in [0.1, 0.15) is 31.9 Å². The second-order valence-electron chi connectivity index (χ2n) is 10.2. The second kappa shape index (κ2) is 11.6. The molecule has 9 heteroatoms. The third-order valence-corrected chi connectivity index (χ3v) is 6.35. The molecule has 3 aromatic rings. The molecule has 4 rings (SSSR count). The van der Waals surface area contributed by atoms with Crippen LogP contribution in [0.5, 0.6) is 5.75 Å². The van der Waals surface area contributed by atoms with Crippen LogP contribution >= 0.6 is 0 Å². The van der Waals surface area contributed by atoms with Gasteiger partial charge in [0.1, 0.15) is 11.4 Å². The van der Waals surface area contributed by atoms with E-state index < -0.39 is 11.7 Å². The molecule has 1 aromatic heterocycles. The first-order valence-electron chi connectivity index (χ1n) is 12.7. The second-order valence-corrected chi connectivity index (χ2v) is 10.2. The zero-order valence-corrected chi connectivity index (χ0v) is 21.9. The third-order valence-electron chi connectivity index (χ3n) is 6.35. The highest BCUT2D eigenvalue weighted by molar-refractivity contribution is 5.85. The number of ether oxygens (including phenoxy) is 2. The van der Waals surface area contributed by atoms with Gasteiger partial charge in [0, 0.05) is 62.1 Å². The topological polar surface area (TPSA) is 113 Å². The Morgan fingerprint density at radius 3 is 2.54 bits per heavy atom. The number of aromatic nitrogens is 1. The van der Waals surface area contributed by atoms with Gasteiger partial charge in [-0.05, 0) is 62.6 Å². The first kappa shape index (κ1) is 26.3. The molecule has 0 unspecified atom stereocenters. The average Bonchev–Trinajstić information content (AvgIpc) is 3.28. The predicted molar refractivity (Wildman–Crippen MR) is 145 cm³/mol. The summed E-state index contributed by atoms with van der Waals surface area (Å²) in [5.41, 5.74) is 9.64. The fraction of sp³-hybridized carbons (Fsp3) is 0.429. The summed E-state index contributed by atoms with van der Waals surface area (Å²) in [6, 6.07) is 13.9. The molecule has 1 saturated heterocycles. The predicted octanol–water partition coefficient (Wildman–Crippen LogP) is 3.42. The van der Waals surface area contributed by atoms with Gasteiger partial charge in [0.2, 0.25) is 0 Å². The number of nitrogens with one attached hydrogen (secondary N) is 2. The van der Waals surface area contributed by atoms with E-state index in [0.717, 1.165) is 40.8 Å². The van der Waals surface area contributed by atoms with Gasteiger partial charge in [-0.2, -0.15) is 0 Å². The SMILES string of the molecule is CC(C)(C)OC(=O)NCCc1c[nH]c2ccc(OCC(=O)N3CCN(c4ccccc4CN)CC3)cc12. The number of hydrogen-bond donors (Lipinski definition) is 3. The van der Waals surface area contributed by atoms with Gasteiger partial charge in [-0.3, -0.25) is 4.79 Å². The molecule has 0 atom stereocenters. The number of carbonyl (C=O) groups is 2. The van der Waals surface area contributed by atoms with Gasteiger partial charge in [0.05, 0.1) is 0 Å². The quantitative estimate of drug-likeness (QED) is 0.431. The molecule has 9 nitrogen and oxygen atoms in total. The lowest BCUT2D eigenvalue weighted by Crippen LogP contribution is -2.50. The molecular formula is C28H37N5O4. The summed E-state index contributed by atoms with van der Waals surface area (Å²) in [6.45, 7) is 9.26. The zero-order chi connectivity index (χ0) is 26.4. The first-order valence-corrected chi connectivity index (χ1v) is 12.7. The maximum atomic E-state index is 12.8. The van der Waals surface area contributed by atoms with Gasteiger partial charge < -0.3 is 35.3 Å². The number of H-pyrrole nitrogens is 1. The Morgan fingerprint density at radius 2 is 1.81 bits per heavy atom. The molecule has 2 amide bonds. The number of hydrogen-bond acceptors (Lipinski definition) is 6. The van der Waals surface area contributed by atoms with Gasteiger partial charge in [-0.25, -0.2) is 4.79 Å². The van der Waals surface area contributed by atoms with Gasteiger partial charge in [0.15, 0.2) is 6.61 Å². The summed E-state index contributed by atoms with van der Waals surface area (Å²) in [5.74, 6) is 0.611. The monoisotopic (exact) mass is 507 g/mol. The minimum atomic E-state index is -0.530. The van der Waals surface area contributed by atoms with Gasteiger partial charge in [-0.1, -0.05) is 18.2 Å². The molecule has 2 heterocycles. The minimum absolute atomic E-state index is 0.00908. The van der Waals surface area contributed by atoms with Crippen LogP contribution in [0.3, 0.4) is 0 Å². The molecule has 1 aliphatic rings. The maximum absolute atomic E-state index is 12.8. The minimum Gasteiger partial charge on any atom is -0.484 e. The van der Waals surface area contributed by atoms with Gasteiger partial charge >= 0.3 is 6.09 Å². The lowest BCUT2D eigenvalue weighted by Gasteiger charge is -2.37. The summed E-state index contributed by atoms with van der Waals surface area (Å²) in [4.78, 5) is 32.1. The van der Waals surface area contributed by atoms with Crippen LogP contribution in [0.2, 0.25) is 0 Å². The van der Waals surface area contributed by atoms with Crippen molar-refractivity contribution in [2.75, 3.05) is 44.2 Å². The highest BCUT2D eigenvalue weighted by Gasteiger charge is 2.23. The molecule has 0 spiro atoms. The fourth-order valence-electron chi connectivity index (χ4n) is 4.49. The summed E-state index contributed by atoms with van der Waals surface area (Å²) in [7, 11) is 0. The smallest absolute Gasteiger partial charge is 0.407 e. The van der Waals surface area contributed by atoms with Crippen LogP contribution in [0, 0.1) is 0 Å². The molecular weight excluding hydrogens is 470 g/mol. The van der Waals surface area contributed by atoms with E-state index in [9.17, 15) is 9.59 Å². The molecule has 198 valence electrons. The maximum Gasteiger partial charge on any atom is 0.407 e. The number of benzene rings is 2. The van der Waals surface area contributed by atoms with Gasteiger partial charge in [0.25, 0.3) is 5.91 Å². The van der Waals surface area contributed by atoms with Crippen LogP contribution in [0.25, 0.3) is 10.9 Å². The number of amides is 2. The lowest BCUT2D eigenvalue weighted by atomic mass is 10.1. The third kappa shape index (κ3) is 6.95. The van der Waals surface area contributed by atoms with Crippen LogP contribution in [-0.2, 0) is 22.5 Å². The lowest BCUT2D eigenvalue weighted by molar-refractivity contribution is -0.133. The van der Waals surface area contributed by atoms with Crippen LogP contribution < -0.4 is 20.7 Å². The van der Waals surface area contributed by atoms with Crippen molar-refractivity contribution < 1.29 is 19.1 Å². The van der Waals surface area contributed by atoms with Crippen molar-refractivity contribution in [3.63, 3.8) is 0 Å². The molecule has 1 fully saturated rings. The number of anilines is 1. The van der Waals surface area contributed by atoms with E-state index >= 15 is 0 Å². The zero-order valence-electron chi connectivity index (χ0n) is 21.9. The number of carbonyl (C=O) groups excluding carboxylic acids is 2. The highest BCUT2D eigenvalue weighted by Crippen LogP contribution is 2.25. The molecule has 0 radical (unpaired) electrons. The Labute approximate surface area is 217 Å². The number of para-hydroxylation sites is 1. The van der Waals surface area contributed by atoms with Crippen molar-refractivity contribution >= 4 is 28.6 Å². The van der Waals surface area contributed by atoms with Crippen molar-refractivity contribution in [3.05, 3.63) is 59.8 Å². The number of fused-ring (bicyclic) bond motifs is 1. The van der Waals surface area contributed by atoms with E-state index in [1.807, 2.05) is 68.3 Å². The Kier molecular flexibility index (Phi) is 8.23. The normalized spacial score (nSPS) is 14.1. The van der Waals surface area contributed by atoms with Gasteiger partial charge in [-0.15, -0.1) is 0 Å². The Balaban J connectivity index is 1.28. The summed E-state index contributed by atoms with van der Waals surface area (Å²) in [5, 5.41) is 3.79. The first-order chi connectivity index (χ1) is 17.7. The Hall–Kier alpha value is -3.72. The van der Waals surface area contributed by atoms with Crippen LogP contribution in [0.4, 0.5) is 10.5 Å². The molecule has 0 saturated carbocycles. The van der Waals surface area contributed by atoms with E-state index in [-0.39, 0.29) is 12.5 Å². The Bertz CT molecular complexity index is 1220. The standard InChI is InChI=1S/C28H37N5O4/c1-28(2,3)37-27(35)30-11-10-21-18-31-24-9-8-22(16-23(21)24)36-19-26(34)33-14-12-32(13-15-33)25-7-5-4-6-20(25)17-29/h4-9,16,18,31H,10-15,17,19,29H2,1-3H3,(H,30,35). The van der Waals surface area contributed by atoms with Crippen LogP contribution in [-0.4, -0.2) is 66.8 Å². The van der Waals surface area contributed by atoms with Crippen molar-refractivity contribution in [1.82, 2.24) is 15.2 Å². The van der Waals surface area contributed by atoms with Crippen LogP contribution in [0.15, 0.2) is 48.7 Å². The number of nitrogens with zero attached hydrogens (tertiary/aromatic N) is 2. The molecule has 1 aliphatic heterocycles. The van der Waals surface area contributed by atoms with Crippen molar-refractivity contribution in [3.8, 4) is 5.75 Å².